The first-order valence-electron chi connectivity index (χ1n) is 4.20. The van der Waals surface area contributed by atoms with Crippen LogP contribution in [-0.2, 0) is 0 Å². The minimum atomic E-state index is -0.756. The van der Waals surface area contributed by atoms with Crippen molar-refractivity contribution in [3.8, 4) is 11.3 Å². The summed E-state index contributed by atoms with van der Waals surface area (Å²) in [6.07, 6.45) is 1.87. The Kier molecular flexibility index (Phi) is 2.29. The number of hydrogen-bond donors (Lipinski definition) is 1. The maximum absolute atomic E-state index is 13.3. The van der Waals surface area contributed by atoms with Gasteiger partial charge in [-0.1, -0.05) is 6.07 Å². The zero-order valence-corrected chi connectivity index (χ0v) is 7.61. The number of nitrogen functional groups attached to an aromatic ring is 1. The van der Waals surface area contributed by atoms with Gasteiger partial charge in [-0.25, -0.2) is 13.8 Å². The van der Waals surface area contributed by atoms with E-state index in [0.29, 0.717) is 0 Å². The standard InChI is InChI=1S/C10H7F2N3/c11-6-4-14-5-7(12)10(6)8-2-1-3-9(13)15-8/h1-5H,(H2,13,15). The molecule has 0 aliphatic heterocycles. The number of hydrogen-bond acceptors (Lipinski definition) is 3. The predicted octanol–water partition coefficient (Wildman–Crippen LogP) is 2.00. The highest BCUT2D eigenvalue weighted by Gasteiger charge is 2.12. The van der Waals surface area contributed by atoms with E-state index < -0.39 is 11.6 Å². The summed E-state index contributed by atoms with van der Waals surface area (Å²) in [5.74, 6) is -1.30. The fourth-order valence-corrected chi connectivity index (χ4v) is 1.25. The van der Waals surface area contributed by atoms with Crippen molar-refractivity contribution in [2.24, 2.45) is 0 Å². The normalized spacial score (nSPS) is 10.3. The predicted molar refractivity (Wildman–Crippen MR) is 51.8 cm³/mol. The Balaban J connectivity index is 2.63. The van der Waals surface area contributed by atoms with Gasteiger partial charge in [0.1, 0.15) is 5.82 Å². The van der Waals surface area contributed by atoms with Crippen molar-refractivity contribution in [3.63, 3.8) is 0 Å². The topological polar surface area (TPSA) is 51.8 Å². The Morgan fingerprint density at radius 1 is 1.07 bits per heavy atom. The molecule has 0 saturated carbocycles. The zero-order chi connectivity index (χ0) is 10.8. The van der Waals surface area contributed by atoms with Gasteiger partial charge in [0.25, 0.3) is 0 Å². The van der Waals surface area contributed by atoms with Crippen LogP contribution in [0, 0.1) is 11.6 Å². The van der Waals surface area contributed by atoms with E-state index in [0.717, 1.165) is 12.4 Å². The van der Waals surface area contributed by atoms with E-state index >= 15 is 0 Å². The number of rotatable bonds is 1. The summed E-state index contributed by atoms with van der Waals surface area (Å²) in [4.78, 5) is 7.22. The van der Waals surface area contributed by atoms with Crippen LogP contribution in [-0.4, -0.2) is 9.97 Å². The van der Waals surface area contributed by atoms with E-state index in [2.05, 4.69) is 9.97 Å². The molecule has 0 aliphatic rings. The summed E-state index contributed by atoms with van der Waals surface area (Å²) in [6.45, 7) is 0. The first kappa shape index (κ1) is 9.51. The number of halogens is 2. The molecular formula is C10H7F2N3. The van der Waals surface area contributed by atoms with E-state index in [1.807, 2.05) is 0 Å². The Morgan fingerprint density at radius 2 is 1.73 bits per heavy atom. The zero-order valence-electron chi connectivity index (χ0n) is 7.61. The van der Waals surface area contributed by atoms with E-state index in [4.69, 9.17) is 5.73 Å². The molecular weight excluding hydrogens is 200 g/mol. The summed E-state index contributed by atoms with van der Waals surface area (Å²) in [5.41, 5.74) is 5.37. The molecule has 2 heterocycles. The second-order valence-electron chi connectivity index (χ2n) is 2.93. The minimum Gasteiger partial charge on any atom is -0.384 e. The third kappa shape index (κ3) is 1.76. The molecule has 0 unspecified atom stereocenters. The SMILES string of the molecule is Nc1cccc(-c2c(F)cncc2F)n1. The Bertz CT molecular complexity index is 480. The molecule has 2 N–H and O–H groups in total. The van der Waals surface area contributed by atoms with Gasteiger partial charge in [-0.3, -0.25) is 4.98 Å². The molecule has 5 heteroatoms. The van der Waals surface area contributed by atoms with Crippen LogP contribution in [0.25, 0.3) is 11.3 Å². The van der Waals surface area contributed by atoms with Gasteiger partial charge in [0, 0.05) is 0 Å². The largest absolute Gasteiger partial charge is 0.384 e. The Morgan fingerprint density at radius 3 is 2.33 bits per heavy atom. The molecule has 0 saturated heterocycles. The van der Waals surface area contributed by atoms with Crippen LogP contribution in [0.2, 0.25) is 0 Å². The van der Waals surface area contributed by atoms with Gasteiger partial charge >= 0.3 is 0 Å². The molecule has 0 atom stereocenters. The molecule has 3 nitrogen and oxygen atoms in total. The van der Waals surface area contributed by atoms with Gasteiger partial charge in [0.05, 0.1) is 23.7 Å². The van der Waals surface area contributed by atoms with E-state index in [1.54, 1.807) is 12.1 Å². The van der Waals surface area contributed by atoms with Crippen molar-refractivity contribution in [1.29, 1.82) is 0 Å². The van der Waals surface area contributed by atoms with Crippen LogP contribution in [0.1, 0.15) is 0 Å². The summed E-state index contributed by atoms with van der Waals surface area (Å²) < 4.78 is 26.6. The molecule has 0 aromatic carbocycles. The molecule has 0 bridgehead atoms. The van der Waals surface area contributed by atoms with Gasteiger partial charge in [0.15, 0.2) is 11.6 Å². The van der Waals surface area contributed by atoms with Crippen molar-refractivity contribution in [3.05, 3.63) is 42.2 Å². The average Bonchev–Trinajstić information content (AvgIpc) is 2.17. The summed E-state index contributed by atoms with van der Waals surface area (Å²) in [5, 5.41) is 0. The third-order valence-electron chi connectivity index (χ3n) is 1.88. The third-order valence-corrected chi connectivity index (χ3v) is 1.88. The summed E-state index contributed by atoms with van der Waals surface area (Å²) >= 11 is 0. The molecule has 2 aromatic rings. The molecule has 0 radical (unpaired) electrons. The molecule has 2 aromatic heterocycles. The second kappa shape index (κ2) is 3.61. The molecule has 0 aliphatic carbocycles. The Labute approximate surface area is 84.6 Å². The van der Waals surface area contributed by atoms with Crippen LogP contribution >= 0.6 is 0 Å². The molecule has 15 heavy (non-hydrogen) atoms. The highest BCUT2D eigenvalue weighted by molar-refractivity contribution is 5.61. The Hall–Kier alpha value is -2.04. The van der Waals surface area contributed by atoms with E-state index in [1.165, 1.54) is 6.07 Å². The van der Waals surface area contributed by atoms with Gasteiger partial charge in [0.2, 0.25) is 0 Å². The van der Waals surface area contributed by atoms with Crippen molar-refractivity contribution in [2.75, 3.05) is 5.73 Å². The number of aromatic nitrogens is 2. The lowest BCUT2D eigenvalue weighted by Gasteiger charge is -2.03. The monoisotopic (exact) mass is 207 g/mol. The fourth-order valence-electron chi connectivity index (χ4n) is 1.25. The molecule has 76 valence electrons. The second-order valence-corrected chi connectivity index (χ2v) is 2.93. The lowest BCUT2D eigenvalue weighted by Crippen LogP contribution is -1.96. The van der Waals surface area contributed by atoms with Crippen LogP contribution in [0.3, 0.4) is 0 Å². The van der Waals surface area contributed by atoms with Crippen LogP contribution < -0.4 is 5.73 Å². The molecule has 0 amide bonds. The van der Waals surface area contributed by atoms with Crippen molar-refractivity contribution < 1.29 is 8.78 Å². The summed E-state index contributed by atoms with van der Waals surface area (Å²) in [7, 11) is 0. The highest BCUT2D eigenvalue weighted by Crippen LogP contribution is 2.23. The van der Waals surface area contributed by atoms with Crippen molar-refractivity contribution in [1.82, 2.24) is 9.97 Å². The van der Waals surface area contributed by atoms with Crippen LogP contribution in [0.15, 0.2) is 30.6 Å². The quantitative estimate of drug-likeness (QED) is 0.778. The molecule has 0 spiro atoms. The number of nitrogens with zero attached hydrogens (tertiary/aromatic N) is 2. The lowest BCUT2D eigenvalue weighted by atomic mass is 10.1. The van der Waals surface area contributed by atoms with Crippen LogP contribution in [0.5, 0.6) is 0 Å². The molecule has 0 fully saturated rings. The van der Waals surface area contributed by atoms with Gasteiger partial charge < -0.3 is 5.73 Å². The first-order valence-corrected chi connectivity index (χ1v) is 4.20. The first-order chi connectivity index (χ1) is 7.18. The molecule has 2 rings (SSSR count). The maximum Gasteiger partial charge on any atom is 0.153 e. The van der Waals surface area contributed by atoms with E-state index in [9.17, 15) is 8.78 Å². The van der Waals surface area contributed by atoms with Gasteiger partial charge in [-0.2, -0.15) is 0 Å². The van der Waals surface area contributed by atoms with Gasteiger partial charge in [-0.05, 0) is 12.1 Å². The number of pyridine rings is 2. The van der Waals surface area contributed by atoms with Crippen molar-refractivity contribution >= 4 is 5.82 Å². The lowest BCUT2D eigenvalue weighted by molar-refractivity contribution is 0.578. The maximum atomic E-state index is 13.3. The minimum absolute atomic E-state index is 0.160. The number of nitrogens with two attached hydrogens (primary N) is 1. The van der Waals surface area contributed by atoms with Gasteiger partial charge in [-0.15, -0.1) is 0 Å². The average molecular weight is 207 g/mol. The summed E-state index contributed by atoms with van der Waals surface area (Å²) in [6, 6.07) is 4.61. The number of anilines is 1. The van der Waals surface area contributed by atoms with Crippen molar-refractivity contribution in [2.45, 2.75) is 0 Å². The highest BCUT2D eigenvalue weighted by atomic mass is 19.1. The van der Waals surface area contributed by atoms with Crippen LogP contribution in [0.4, 0.5) is 14.6 Å². The smallest absolute Gasteiger partial charge is 0.153 e. The fraction of sp³-hybridized carbons (Fsp3) is 0. The van der Waals surface area contributed by atoms with E-state index in [-0.39, 0.29) is 17.1 Å².